The van der Waals surface area contributed by atoms with Gasteiger partial charge in [-0.2, -0.15) is 0 Å². The van der Waals surface area contributed by atoms with Gasteiger partial charge in [-0.1, -0.05) is 36.4 Å². The quantitative estimate of drug-likeness (QED) is 0.672. The van der Waals surface area contributed by atoms with Crippen LogP contribution >= 0.6 is 0 Å². The predicted octanol–water partition coefficient (Wildman–Crippen LogP) is 3.96. The molecule has 0 bridgehead atoms. The molecule has 0 fully saturated rings. The third kappa shape index (κ3) is 2.75. The summed E-state index contributed by atoms with van der Waals surface area (Å²) in [7, 11) is 0. The lowest BCUT2D eigenvalue weighted by Crippen LogP contribution is -2.43. The molecule has 0 spiro atoms. The fourth-order valence-electron chi connectivity index (χ4n) is 3.45. The molecule has 5 heteroatoms. The molecule has 3 aromatic rings. The van der Waals surface area contributed by atoms with Gasteiger partial charge in [0, 0.05) is 17.1 Å². The largest absolute Gasteiger partial charge is 0.449 e. The van der Waals surface area contributed by atoms with Crippen molar-refractivity contribution in [2.45, 2.75) is 32.4 Å². The predicted molar refractivity (Wildman–Crippen MR) is 98.2 cm³/mol. The van der Waals surface area contributed by atoms with Crippen LogP contribution in [0.15, 0.2) is 59.0 Å². The highest BCUT2D eigenvalue weighted by Gasteiger charge is 2.34. The zero-order valence-corrected chi connectivity index (χ0v) is 14.6. The van der Waals surface area contributed by atoms with Gasteiger partial charge in [-0.05, 0) is 44.0 Å². The second-order valence-electron chi connectivity index (χ2n) is 6.59. The van der Waals surface area contributed by atoms with E-state index >= 15 is 0 Å². The Morgan fingerprint density at radius 1 is 1.15 bits per heavy atom. The van der Waals surface area contributed by atoms with Crippen LogP contribution in [0, 0.1) is 0 Å². The van der Waals surface area contributed by atoms with E-state index < -0.39 is 12.1 Å². The highest BCUT2D eigenvalue weighted by atomic mass is 16.6. The second-order valence-corrected chi connectivity index (χ2v) is 6.59. The fraction of sp³-hybridized carbons (Fsp3) is 0.238. The van der Waals surface area contributed by atoms with Gasteiger partial charge >= 0.3 is 5.97 Å². The van der Waals surface area contributed by atoms with Crippen molar-refractivity contribution in [1.82, 2.24) is 0 Å². The number of ether oxygens (including phenoxy) is 1. The Hall–Kier alpha value is -3.08. The Morgan fingerprint density at radius 2 is 1.88 bits per heavy atom. The second kappa shape index (κ2) is 6.33. The molecule has 1 aliphatic rings. The van der Waals surface area contributed by atoms with Crippen LogP contribution in [0.1, 0.15) is 30.0 Å². The third-order valence-electron chi connectivity index (χ3n) is 4.70. The molecule has 4 rings (SSSR count). The average molecular weight is 349 g/mol. The van der Waals surface area contributed by atoms with Gasteiger partial charge in [-0.3, -0.25) is 4.79 Å². The monoisotopic (exact) mass is 349 g/mol. The van der Waals surface area contributed by atoms with Crippen molar-refractivity contribution in [3.05, 3.63) is 65.9 Å². The van der Waals surface area contributed by atoms with Gasteiger partial charge in [0.15, 0.2) is 6.10 Å². The number of fused-ring (bicyclic) bond motifs is 2. The number of carbonyl (C=O) groups excluding carboxylic acids is 2. The van der Waals surface area contributed by atoms with Crippen molar-refractivity contribution in [2.75, 3.05) is 4.90 Å². The first-order valence-electron chi connectivity index (χ1n) is 8.65. The number of amides is 1. The van der Waals surface area contributed by atoms with Crippen LogP contribution in [0.4, 0.5) is 5.69 Å². The van der Waals surface area contributed by atoms with E-state index in [0.29, 0.717) is 5.58 Å². The minimum Gasteiger partial charge on any atom is -0.449 e. The topological polar surface area (TPSA) is 59.8 Å². The van der Waals surface area contributed by atoms with Crippen molar-refractivity contribution in [1.29, 1.82) is 0 Å². The molecule has 132 valence electrons. The minimum atomic E-state index is -0.899. The van der Waals surface area contributed by atoms with Crippen LogP contribution < -0.4 is 4.90 Å². The summed E-state index contributed by atoms with van der Waals surface area (Å²) < 4.78 is 10.9. The summed E-state index contributed by atoms with van der Waals surface area (Å²) >= 11 is 0. The van der Waals surface area contributed by atoms with Gasteiger partial charge in [-0.15, -0.1) is 0 Å². The van der Waals surface area contributed by atoms with Crippen LogP contribution in [0.2, 0.25) is 0 Å². The van der Waals surface area contributed by atoms with Crippen molar-refractivity contribution < 1.29 is 18.7 Å². The minimum absolute atomic E-state index is 0.0345. The Balaban J connectivity index is 1.51. The number of esters is 1. The molecule has 0 N–H and O–H groups in total. The zero-order valence-electron chi connectivity index (χ0n) is 14.6. The molecule has 26 heavy (non-hydrogen) atoms. The Bertz CT molecular complexity index is 957. The number of anilines is 1. The normalized spacial score (nSPS) is 17.2. The van der Waals surface area contributed by atoms with Crippen molar-refractivity contribution in [2.24, 2.45) is 0 Å². The number of furan rings is 1. The van der Waals surface area contributed by atoms with E-state index in [-0.39, 0.29) is 17.7 Å². The smallest absolute Gasteiger partial charge is 0.375 e. The van der Waals surface area contributed by atoms with E-state index in [9.17, 15) is 9.59 Å². The zero-order chi connectivity index (χ0) is 18.3. The van der Waals surface area contributed by atoms with E-state index in [1.807, 2.05) is 49.4 Å². The van der Waals surface area contributed by atoms with E-state index in [0.717, 1.165) is 23.1 Å². The Labute approximate surface area is 151 Å². The maximum atomic E-state index is 12.9. The number of carbonyl (C=O) groups is 2. The van der Waals surface area contributed by atoms with E-state index in [2.05, 4.69) is 0 Å². The third-order valence-corrected chi connectivity index (χ3v) is 4.70. The lowest BCUT2D eigenvalue weighted by Gasteiger charge is -2.25. The van der Waals surface area contributed by atoms with Crippen LogP contribution in [0.25, 0.3) is 11.0 Å². The molecule has 0 radical (unpaired) electrons. The molecule has 2 atom stereocenters. The number of rotatable bonds is 3. The molecular weight excluding hydrogens is 330 g/mol. The summed E-state index contributed by atoms with van der Waals surface area (Å²) in [6.07, 6.45) is -0.101. The van der Waals surface area contributed by atoms with Crippen LogP contribution in [-0.2, 0) is 16.0 Å². The lowest BCUT2D eigenvalue weighted by molar-refractivity contribution is -0.126. The molecule has 0 saturated heterocycles. The standard InChI is InChI=1S/C21H19NO4/c1-13-11-15-7-3-5-9-17(15)22(13)20(23)14(2)25-21(24)19-12-16-8-4-6-10-18(16)26-19/h3-10,12-14H,11H2,1-2H3/t13-,14-/m0/s1. The molecule has 5 nitrogen and oxygen atoms in total. The van der Waals surface area contributed by atoms with Gasteiger partial charge in [0.2, 0.25) is 5.76 Å². The van der Waals surface area contributed by atoms with Crippen LogP contribution in [-0.4, -0.2) is 24.0 Å². The molecule has 1 aliphatic heterocycles. The summed E-state index contributed by atoms with van der Waals surface area (Å²) in [5.41, 5.74) is 2.63. The van der Waals surface area contributed by atoms with Gasteiger partial charge in [-0.25, -0.2) is 4.79 Å². The first-order chi connectivity index (χ1) is 12.5. The summed E-state index contributed by atoms with van der Waals surface area (Å²) in [5.74, 6) is -0.769. The first-order valence-corrected chi connectivity index (χ1v) is 8.65. The maximum absolute atomic E-state index is 12.9. The van der Waals surface area contributed by atoms with Gasteiger partial charge < -0.3 is 14.1 Å². The molecule has 1 aromatic heterocycles. The Morgan fingerprint density at radius 3 is 2.69 bits per heavy atom. The molecule has 2 heterocycles. The summed E-state index contributed by atoms with van der Waals surface area (Å²) in [5, 5.41) is 0.820. The van der Waals surface area contributed by atoms with Gasteiger partial charge in [0.05, 0.1) is 0 Å². The van der Waals surface area contributed by atoms with Crippen molar-refractivity contribution in [3.63, 3.8) is 0 Å². The Kier molecular flexibility index (Phi) is 3.99. The van der Waals surface area contributed by atoms with Crippen molar-refractivity contribution in [3.8, 4) is 0 Å². The average Bonchev–Trinajstić information content (AvgIpc) is 3.21. The maximum Gasteiger partial charge on any atom is 0.375 e. The summed E-state index contributed by atoms with van der Waals surface area (Å²) in [4.78, 5) is 27.0. The summed E-state index contributed by atoms with van der Waals surface area (Å²) in [6, 6.07) is 16.8. The van der Waals surface area contributed by atoms with Gasteiger partial charge in [0.1, 0.15) is 5.58 Å². The van der Waals surface area contributed by atoms with E-state index in [1.54, 1.807) is 24.0 Å². The molecule has 2 aromatic carbocycles. The molecule has 1 amide bonds. The molecule has 0 unspecified atom stereocenters. The molecule has 0 aliphatic carbocycles. The highest BCUT2D eigenvalue weighted by molar-refractivity contribution is 6.01. The summed E-state index contributed by atoms with van der Waals surface area (Å²) in [6.45, 7) is 3.59. The van der Waals surface area contributed by atoms with Crippen molar-refractivity contribution >= 4 is 28.5 Å². The van der Waals surface area contributed by atoms with Gasteiger partial charge in [0.25, 0.3) is 5.91 Å². The van der Waals surface area contributed by atoms with E-state index in [4.69, 9.17) is 9.15 Å². The van der Waals surface area contributed by atoms with Crippen LogP contribution in [0.5, 0.6) is 0 Å². The number of para-hydroxylation sites is 2. The molecular formula is C21H19NO4. The highest BCUT2D eigenvalue weighted by Crippen LogP contribution is 2.32. The SMILES string of the molecule is C[C@H](OC(=O)c1cc2ccccc2o1)C(=O)N1c2ccccc2C[C@@H]1C. The first kappa shape index (κ1) is 16.4. The van der Waals surface area contributed by atoms with E-state index in [1.165, 1.54) is 0 Å². The molecule has 0 saturated carbocycles. The number of hydrogen-bond acceptors (Lipinski definition) is 4. The van der Waals surface area contributed by atoms with Crippen LogP contribution in [0.3, 0.4) is 0 Å². The number of benzene rings is 2. The number of nitrogens with zero attached hydrogens (tertiary/aromatic N) is 1. The fourth-order valence-corrected chi connectivity index (χ4v) is 3.45. The number of hydrogen-bond donors (Lipinski definition) is 0. The lowest BCUT2D eigenvalue weighted by atomic mass is 10.1.